The lowest BCUT2D eigenvalue weighted by atomic mass is 10.2. The fraction of sp³-hybridized carbons (Fsp3) is 0.300. The van der Waals surface area contributed by atoms with E-state index in [2.05, 4.69) is 21.2 Å². The molecule has 0 saturated heterocycles. The van der Waals surface area contributed by atoms with Crippen molar-refractivity contribution in [2.45, 2.75) is 25.7 Å². The SMILES string of the molecule is CCN(CC)S(=O)(=O)c1cccc(C(=O)OCC(=O)Nc2ccc(Br)c(C)c2)c1. The standard InChI is InChI=1S/C20H23BrN2O5S/c1-4-23(5-2)29(26,27)17-8-6-7-15(12-17)20(25)28-13-19(24)22-16-9-10-18(21)14(3)11-16/h6-12H,4-5,13H2,1-3H3,(H,22,24). The predicted molar refractivity (Wildman–Crippen MR) is 114 cm³/mol. The highest BCUT2D eigenvalue weighted by Crippen LogP contribution is 2.20. The number of carbonyl (C=O) groups excluding carboxylic acids is 2. The van der Waals surface area contributed by atoms with Crippen LogP contribution in [0.1, 0.15) is 29.8 Å². The minimum Gasteiger partial charge on any atom is -0.452 e. The van der Waals surface area contributed by atoms with Crippen molar-refractivity contribution in [3.8, 4) is 0 Å². The highest BCUT2D eigenvalue weighted by molar-refractivity contribution is 9.10. The number of ether oxygens (including phenoxy) is 1. The summed E-state index contributed by atoms with van der Waals surface area (Å²) < 4.78 is 32.4. The van der Waals surface area contributed by atoms with Crippen LogP contribution in [0.5, 0.6) is 0 Å². The molecule has 0 spiro atoms. The zero-order chi connectivity index (χ0) is 21.6. The van der Waals surface area contributed by atoms with E-state index in [1.807, 2.05) is 6.92 Å². The molecule has 0 aliphatic rings. The van der Waals surface area contributed by atoms with Crippen molar-refractivity contribution in [1.29, 1.82) is 0 Å². The summed E-state index contributed by atoms with van der Waals surface area (Å²) in [6.45, 7) is 5.53. The van der Waals surface area contributed by atoms with Crippen molar-refractivity contribution >= 4 is 43.5 Å². The molecule has 2 aromatic rings. The molecule has 0 aromatic heterocycles. The van der Waals surface area contributed by atoms with Gasteiger partial charge in [0.1, 0.15) is 0 Å². The number of carbonyl (C=O) groups is 2. The maximum Gasteiger partial charge on any atom is 0.338 e. The Labute approximate surface area is 179 Å². The normalized spacial score (nSPS) is 11.3. The average molecular weight is 483 g/mol. The van der Waals surface area contributed by atoms with E-state index in [0.29, 0.717) is 18.8 Å². The molecule has 9 heteroatoms. The van der Waals surface area contributed by atoms with E-state index in [9.17, 15) is 18.0 Å². The van der Waals surface area contributed by atoms with Crippen LogP contribution in [0.25, 0.3) is 0 Å². The molecule has 0 atom stereocenters. The molecule has 0 radical (unpaired) electrons. The minimum atomic E-state index is -3.69. The lowest BCUT2D eigenvalue weighted by Crippen LogP contribution is -2.30. The van der Waals surface area contributed by atoms with Crippen LogP contribution in [0.15, 0.2) is 51.8 Å². The van der Waals surface area contributed by atoms with Gasteiger partial charge >= 0.3 is 5.97 Å². The zero-order valence-electron chi connectivity index (χ0n) is 16.4. The lowest BCUT2D eigenvalue weighted by molar-refractivity contribution is -0.119. The first kappa shape index (κ1) is 23.1. The molecular weight excluding hydrogens is 460 g/mol. The average Bonchev–Trinajstić information content (AvgIpc) is 2.69. The highest BCUT2D eigenvalue weighted by atomic mass is 79.9. The maximum atomic E-state index is 12.6. The summed E-state index contributed by atoms with van der Waals surface area (Å²) in [6.07, 6.45) is 0. The lowest BCUT2D eigenvalue weighted by Gasteiger charge is -2.18. The summed E-state index contributed by atoms with van der Waals surface area (Å²) in [7, 11) is -3.69. The molecule has 0 fully saturated rings. The van der Waals surface area contributed by atoms with Gasteiger partial charge in [-0.15, -0.1) is 0 Å². The number of amides is 1. The van der Waals surface area contributed by atoms with Gasteiger partial charge < -0.3 is 10.1 Å². The molecule has 156 valence electrons. The molecule has 0 saturated carbocycles. The van der Waals surface area contributed by atoms with Crippen molar-refractivity contribution in [3.63, 3.8) is 0 Å². The number of hydrogen-bond acceptors (Lipinski definition) is 5. The van der Waals surface area contributed by atoms with Gasteiger partial charge in [-0.1, -0.05) is 35.8 Å². The Morgan fingerprint density at radius 2 is 1.79 bits per heavy atom. The summed E-state index contributed by atoms with van der Waals surface area (Å²) in [5.41, 5.74) is 1.59. The van der Waals surface area contributed by atoms with E-state index in [4.69, 9.17) is 4.74 Å². The van der Waals surface area contributed by atoms with Gasteiger partial charge in [-0.3, -0.25) is 4.79 Å². The number of aryl methyl sites for hydroxylation is 1. The third-order valence-corrected chi connectivity index (χ3v) is 7.12. The van der Waals surface area contributed by atoms with Crippen LogP contribution in [0.4, 0.5) is 5.69 Å². The minimum absolute atomic E-state index is 0.00504. The number of nitrogens with one attached hydrogen (secondary N) is 1. The van der Waals surface area contributed by atoms with Crippen molar-refractivity contribution in [2.75, 3.05) is 25.0 Å². The molecule has 0 heterocycles. The molecular formula is C20H23BrN2O5S. The molecule has 1 N–H and O–H groups in total. The van der Waals surface area contributed by atoms with Gasteiger partial charge in [0.25, 0.3) is 5.91 Å². The highest BCUT2D eigenvalue weighted by Gasteiger charge is 2.23. The Balaban J connectivity index is 2.04. The van der Waals surface area contributed by atoms with Gasteiger partial charge in [-0.25, -0.2) is 13.2 Å². The van der Waals surface area contributed by atoms with E-state index in [1.165, 1.54) is 28.6 Å². The summed E-state index contributed by atoms with van der Waals surface area (Å²) >= 11 is 3.38. The van der Waals surface area contributed by atoms with Crippen LogP contribution < -0.4 is 5.32 Å². The van der Waals surface area contributed by atoms with E-state index < -0.39 is 28.5 Å². The van der Waals surface area contributed by atoms with Crippen LogP contribution in [0.2, 0.25) is 0 Å². The van der Waals surface area contributed by atoms with Crippen molar-refractivity contribution in [2.24, 2.45) is 0 Å². The van der Waals surface area contributed by atoms with E-state index in [0.717, 1.165) is 10.0 Å². The zero-order valence-corrected chi connectivity index (χ0v) is 18.8. The Kier molecular flexibility index (Phi) is 7.95. The monoisotopic (exact) mass is 482 g/mol. The number of hydrogen-bond donors (Lipinski definition) is 1. The quantitative estimate of drug-likeness (QED) is 0.580. The molecule has 7 nitrogen and oxygen atoms in total. The third kappa shape index (κ3) is 5.88. The largest absolute Gasteiger partial charge is 0.452 e. The second kappa shape index (κ2) is 10.00. The molecule has 1 amide bonds. The number of benzene rings is 2. The van der Waals surface area contributed by atoms with Gasteiger partial charge in [-0.05, 0) is 48.9 Å². The van der Waals surface area contributed by atoms with Gasteiger partial charge in [0.15, 0.2) is 6.61 Å². The Bertz CT molecular complexity index is 1000. The van der Waals surface area contributed by atoms with Crippen molar-refractivity contribution in [3.05, 3.63) is 58.1 Å². The second-order valence-corrected chi connectivity index (χ2v) is 9.00. The number of nitrogens with zero attached hydrogens (tertiary/aromatic N) is 1. The molecule has 0 aliphatic carbocycles. The van der Waals surface area contributed by atoms with Crippen molar-refractivity contribution < 1.29 is 22.7 Å². The summed E-state index contributed by atoms with van der Waals surface area (Å²) in [6, 6.07) is 10.9. The smallest absolute Gasteiger partial charge is 0.338 e. The fourth-order valence-electron chi connectivity index (χ4n) is 2.63. The Hall–Kier alpha value is -2.23. The molecule has 2 aromatic carbocycles. The maximum absolute atomic E-state index is 12.6. The van der Waals surface area contributed by atoms with Gasteiger partial charge in [0.05, 0.1) is 10.5 Å². The molecule has 0 aliphatic heterocycles. The van der Waals surface area contributed by atoms with Crippen LogP contribution in [-0.4, -0.2) is 44.3 Å². The summed E-state index contributed by atoms with van der Waals surface area (Å²) in [5.74, 6) is -1.27. The fourth-order valence-corrected chi connectivity index (χ4v) is 4.38. The predicted octanol–water partition coefficient (Wildman–Crippen LogP) is 3.58. The molecule has 2 rings (SSSR count). The van der Waals surface area contributed by atoms with E-state index in [-0.39, 0.29) is 10.5 Å². The summed E-state index contributed by atoms with van der Waals surface area (Å²) in [5, 5.41) is 2.64. The number of rotatable bonds is 8. The summed E-state index contributed by atoms with van der Waals surface area (Å²) in [4.78, 5) is 24.3. The first-order valence-electron chi connectivity index (χ1n) is 9.02. The number of esters is 1. The number of anilines is 1. The third-order valence-electron chi connectivity index (χ3n) is 4.19. The van der Waals surface area contributed by atoms with Crippen LogP contribution in [0, 0.1) is 6.92 Å². The Morgan fingerprint density at radius 3 is 2.41 bits per heavy atom. The van der Waals surface area contributed by atoms with Gasteiger partial charge in [0.2, 0.25) is 10.0 Å². The topological polar surface area (TPSA) is 92.8 Å². The number of halogens is 1. The van der Waals surface area contributed by atoms with E-state index >= 15 is 0 Å². The van der Waals surface area contributed by atoms with Crippen molar-refractivity contribution in [1.82, 2.24) is 4.31 Å². The van der Waals surface area contributed by atoms with E-state index in [1.54, 1.807) is 32.0 Å². The molecule has 0 unspecified atom stereocenters. The van der Waals surface area contributed by atoms with Crippen LogP contribution in [-0.2, 0) is 19.6 Å². The molecule has 0 bridgehead atoms. The van der Waals surface area contributed by atoms with Gasteiger partial charge in [0, 0.05) is 23.2 Å². The van der Waals surface area contributed by atoms with Gasteiger partial charge in [-0.2, -0.15) is 4.31 Å². The van der Waals surface area contributed by atoms with Crippen LogP contribution in [0.3, 0.4) is 0 Å². The first-order chi connectivity index (χ1) is 13.7. The van der Waals surface area contributed by atoms with Crippen LogP contribution >= 0.6 is 15.9 Å². The molecule has 29 heavy (non-hydrogen) atoms. The number of sulfonamides is 1. The Morgan fingerprint density at radius 1 is 1.10 bits per heavy atom. The first-order valence-corrected chi connectivity index (χ1v) is 11.3. The second-order valence-electron chi connectivity index (χ2n) is 6.21.